The largest absolute Gasteiger partial charge is 0.353 e. The summed E-state index contributed by atoms with van der Waals surface area (Å²) in [5.74, 6) is 1.06. The molecule has 2 aliphatic rings. The van der Waals surface area contributed by atoms with Crippen LogP contribution in [0.25, 0.3) is 0 Å². The minimum Gasteiger partial charge on any atom is -0.353 e. The summed E-state index contributed by atoms with van der Waals surface area (Å²) in [4.78, 5) is 2.30. The van der Waals surface area contributed by atoms with Crippen LogP contribution in [0, 0.1) is 0 Å². The number of hydrazone groups is 1. The molecular weight excluding hydrogens is 176 g/mol. The van der Waals surface area contributed by atoms with Gasteiger partial charge in [-0.15, -0.1) is 0 Å². The Kier molecular flexibility index (Phi) is 2.46. The van der Waals surface area contributed by atoms with E-state index in [1.165, 1.54) is 0 Å². The summed E-state index contributed by atoms with van der Waals surface area (Å²) in [6.07, 6.45) is 4.28. The van der Waals surface area contributed by atoms with Crippen molar-refractivity contribution in [3.05, 3.63) is 12.2 Å². The normalized spacial score (nSPS) is 25.6. The Morgan fingerprint density at radius 3 is 2.64 bits per heavy atom. The molecule has 2 aliphatic heterocycles. The lowest BCUT2D eigenvalue weighted by molar-refractivity contribution is 0.350. The lowest BCUT2D eigenvalue weighted by Crippen LogP contribution is -2.48. The molecule has 0 bridgehead atoms. The minimum atomic E-state index is -0.00244. The van der Waals surface area contributed by atoms with Gasteiger partial charge in [-0.25, -0.2) is 0 Å². The van der Waals surface area contributed by atoms with Gasteiger partial charge in [0.25, 0.3) is 0 Å². The van der Waals surface area contributed by atoms with Crippen LogP contribution in [-0.2, 0) is 0 Å². The van der Waals surface area contributed by atoms with E-state index in [9.17, 15) is 0 Å². The predicted molar refractivity (Wildman–Crippen MR) is 58.2 cm³/mol. The van der Waals surface area contributed by atoms with Gasteiger partial charge in [0.1, 0.15) is 5.84 Å². The molecule has 4 nitrogen and oxygen atoms in total. The first-order chi connectivity index (χ1) is 6.67. The zero-order valence-corrected chi connectivity index (χ0v) is 8.88. The highest BCUT2D eigenvalue weighted by molar-refractivity contribution is 5.93. The first kappa shape index (κ1) is 9.52. The van der Waals surface area contributed by atoms with Crippen molar-refractivity contribution in [2.24, 2.45) is 5.10 Å². The van der Waals surface area contributed by atoms with Gasteiger partial charge in [-0.3, -0.25) is 5.43 Å². The van der Waals surface area contributed by atoms with Gasteiger partial charge >= 0.3 is 0 Å². The van der Waals surface area contributed by atoms with E-state index < -0.39 is 0 Å². The van der Waals surface area contributed by atoms with Crippen LogP contribution in [0.2, 0.25) is 0 Å². The van der Waals surface area contributed by atoms with E-state index in [4.69, 9.17) is 0 Å². The summed E-state index contributed by atoms with van der Waals surface area (Å²) in [6.45, 7) is 8.42. The second kappa shape index (κ2) is 3.61. The van der Waals surface area contributed by atoms with Gasteiger partial charge in [0.05, 0.1) is 5.54 Å². The average molecular weight is 194 g/mol. The number of nitrogens with zero attached hydrogens (tertiary/aromatic N) is 2. The van der Waals surface area contributed by atoms with Crippen LogP contribution >= 0.6 is 0 Å². The molecule has 0 atom stereocenters. The van der Waals surface area contributed by atoms with E-state index in [1.54, 1.807) is 0 Å². The molecule has 0 spiro atoms. The van der Waals surface area contributed by atoms with Crippen LogP contribution in [0.15, 0.2) is 17.3 Å². The van der Waals surface area contributed by atoms with E-state index in [-0.39, 0.29) is 5.54 Å². The number of rotatable bonds is 0. The van der Waals surface area contributed by atoms with E-state index in [0.717, 1.165) is 32.0 Å². The van der Waals surface area contributed by atoms with Gasteiger partial charge < -0.3 is 10.2 Å². The zero-order valence-electron chi connectivity index (χ0n) is 8.88. The highest BCUT2D eigenvalue weighted by Crippen LogP contribution is 2.10. The average Bonchev–Trinajstić information content (AvgIpc) is 2.19. The summed E-state index contributed by atoms with van der Waals surface area (Å²) in [7, 11) is 0. The maximum Gasteiger partial charge on any atom is 0.148 e. The molecule has 78 valence electrons. The van der Waals surface area contributed by atoms with Crippen molar-refractivity contribution >= 4 is 5.84 Å². The third-order valence-electron chi connectivity index (χ3n) is 2.55. The van der Waals surface area contributed by atoms with Crippen LogP contribution in [-0.4, -0.2) is 42.5 Å². The van der Waals surface area contributed by atoms with Gasteiger partial charge in [-0.05, 0) is 19.9 Å². The van der Waals surface area contributed by atoms with Crippen LogP contribution < -0.4 is 10.7 Å². The Morgan fingerprint density at radius 2 is 2.07 bits per heavy atom. The van der Waals surface area contributed by atoms with Crippen molar-refractivity contribution in [2.45, 2.75) is 19.4 Å². The Hall–Kier alpha value is -1.03. The monoisotopic (exact) mass is 194 g/mol. The summed E-state index contributed by atoms with van der Waals surface area (Å²) < 4.78 is 0. The van der Waals surface area contributed by atoms with Gasteiger partial charge in [-0.2, -0.15) is 5.10 Å². The van der Waals surface area contributed by atoms with Gasteiger partial charge in [-0.1, -0.05) is 6.08 Å². The van der Waals surface area contributed by atoms with E-state index in [2.05, 4.69) is 46.7 Å². The van der Waals surface area contributed by atoms with Gasteiger partial charge in [0.15, 0.2) is 0 Å². The smallest absolute Gasteiger partial charge is 0.148 e. The fourth-order valence-electron chi connectivity index (χ4n) is 1.63. The third kappa shape index (κ3) is 2.07. The lowest BCUT2D eigenvalue weighted by Gasteiger charge is -2.32. The van der Waals surface area contributed by atoms with E-state index >= 15 is 0 Å². The molecule has 0 radical (unpaired) electrons. The number of amidine groups is 1. The Morgan fingerprint density at radius 1 is 1.36 bits per heavy atom. The molecule has 0 amide bonds. The van der Waals surface area contributed by atoms with Crippen LogP contribution in [0.1, 0.15) is 13.8 Å². The number of hydrogen-bond acceptors (Lipinski definition) is 4. The van der Waals surface area contributed by atoms with Crippen LogP contribution in [0.4, 0.5) is 0 Å². The van der Waals surface area contributed by atoms with E-state index in [1.807, 2.05) is 0 Å². The quantitative estimate of drug-likeness (QED) is 0.576. The van der Waals surface area contributed by atoms with Crippen LogP contribution in [0.3, 0.4) is 0 Å². The fourth-order valence-corrected chi connectivity index (χ4v) is 1.63. The van der Waals surface area contributed by atoms with Crippen molar-refractivity contribution in [3.63, 3.8) is 0 Å². The summed E-state index contributed by atoms with van der Waals surface area (Å²) in [5.41, 5.74) is 3.14. The summed E-state index contributed by atoms with van der Waals surface area (Å²) >= 11 is 0. The standard InChI is InChI=1S/C10H18N4/c1-10(2)4-3-9(12-13-10)14-7-5-11-6-8-14/h3-4,11,13H,5-8H2,1-2H3. The number of nitrogens with one attached hydrogen (secondary N) is 2. The molecule has 0 saturated carbocycles. The fraction of sp³-hybridized carbons (Fsp3) is 0.700. The molecule has 2 heterocycles. The molecule has 1 saturated heterocycles. The topological polar surface area (TPSA) is 39.7 Å². The van der Waals surface area contributed by atoms with Gasteiger partial charge in [0.2, 0.25) is 0 Å². The number of piperazine rings is 1. The molecule has 4 heteroatoms. The Labute approximate surface area is 85.0 Å². The van der Waals surface area contributed by atoms with Gasteiger partial charge in [0, 0.05) is 26.2 Å². The van der Waals surface area contributed by atoms with Crippen molar-refractivity contribution in [1.29, 1.82) is 0 Å². The molecule has 0 unspecified atom stereocenters. The lowest BCUT2D eigenvalue weighted by atomic mass is 10.1. The first-order valence-electron chi connectivity index (χ1n) is 5.17. The molecule has 1 fully saturated rings. The second-order valence-corrected chi connectivity index (χ2v) is 4.37. The molecule has 0 aliphatic carbocycles. The maximum atomic E-state index is 4.38. The predicted octanol–water partition coefficient (Wildman–Crippen LogP) is 0.143. The van der Waals surface area contributed by atoms with Crippen molar-refractivity contribution in [2.75, 3.05) is 26.2 Å². The highest BCUT2D eigenvalue weighted by atomic mass is 15.4. The summed E-state index contributed by atoms with van der Waals surface area (Å²) in [5, 5.41) is 7.71. The molecule has 0 aromatic heterocycles. The van der Waals surface area contributed by atoms with E-state index in [0.29, 0.717) is 0 Å². The molecule has 2 rings (SSSR count). The van der Waals surface area contributed by atoms with Crippen molar-refractivity contribution in [3.8, 4) is 0 Å². The highest BCUT2D eigenvalue weighted by Gasteiger charge is 2.20. The third-order valence-corrected chi connectivity index (χ3v) is 2.55. The molecular formula is C10H18N4. The molecule has 0 aromatic rings. The summed E-state index contributed by atoms with van der Waals surface area (Å²) in [6, 6.07) is 0. The molecule has 2 N–H and O–H groups in total. The van der Waals surface area contributed by atoms with Crippen molar-refractivity contribution in [1.82, 2.24) is 15.6 Å². The molecule has 0 aromatic carbocycles. The Balaban J connectivity index is 1.99. The van der Waals surface area contributed by atoms with Crippen molar-refractivity contribution < 1.29 is 0 Å². The SMILES string of the molecule is CC1(C)C=CC(N2CCNCC2)=NN1. The Bertz CT molecular complexity index is 261. The molecule has 14 heavy (non-hydrogen) atoms. The maximum absolute atomic E-state index is 4.38. The number of hydrogen-bond donors (Lipinski definition) is 2. The zero-order chi connectivity index (χ0) is 10.0. The minimum absolute atomic E-state index is 0.00244. The van der Waals surface area contributed by atoms with Crippen LogP contribution in [0.5, 0.6) is 0 Å². The first-order valence-corrected chi connectivity index (χ1v) is 5.17. The second-order valence-electron chi connectivity index (χ2n) is 4.37.